The molecule has 1 saturated heterocycles. The molecular formula is C23H26N4O3. The minimum absolute atomic E-state index is 0.0177. The van der Waals surface area contributed by atoms with E-state index in [1.165, 1.54) is 0 Å². The summed E-state index contributed by atoms with van der Waals surface area (Å²) in [5.74, 6) is -0.300. The van der Waals surface area contributed by atoms with Crippen molar-refractivity contribution in [2.75, 3.05) is 13.2 Å². The summed E-state index contributed by atoms with van der Waals surface area (Å²) in [6.07, 6.45) is 5.22. The molecule has 0 radical (unpaired) electrons. The van der Waals surface area contributed by atoms with Gasteiger partial charge in [-0.15, -0.1) is 0 Å². The van der Waals surface area contributed by atoms with E-state index in [4.69, 9.17) is 4.74 Å². The van der Waals surface area contributed by atoms with E-state index in [0.717, 1.165) is 24.2 Å². The molecule has 1 fully saturated rings. The molecule has 1 aliphatic heterocycles. The molecule has 7 nitrogen and oxygen atoms in total. The van der Waals surface area contributed by atoms with Crippen LogP contribution in [0.15, 0.2) is 47.5 Å². The Morgan fingerprint density at radius 3 is 2.87 bits per heavy atom. The molecule has 4 rings (SSSR count). The Bertz CT molecular complexity index is 1100. The highest BCUT2D eigenvalue weighted by molar-refractivity contribution is 5.96. The predicted octanol–water partition coefficient (Wildman–Crippen LogP) is 2.94. The molecule has 1 amide bonds. The number of carbonyl (C=O) groups is 1. The number of pyridine rings is 3. The highest BCUT2D eigenvalue weighted by Gasteiger charge is 2.26. The molecule has 1 atom stereocenters. The van der Waals surface area contributed by atoms with E-state index >= 15 is 0 Å². The zero-order chi connectivity index (χ0) is 21.1. The third kappa shape index (κ3) is 4.11. The maximum atomic E-state index is 13.5. The topological polar surface area (TPSA) is 77.3 Å². The number of hydrogen-bond donors (Lipinski definition) is 0. The van der Waals surface area contributed by atoms with Gasteiger partial charge in [0, 0.05) is 37.8 Å². The minimum Gasteiger partial charge on any atom is -0.376 e. The molecule has 0 aromatic carbocycles. The van der Waals surface area contributed by atoms with Crippen LogP contribution in [0.4, 0.5) is 0 Å². The first-order chi connectivity index (χ1) is 14.6. The van der Waals surface area contributed by atoms with Gasteiger partial charge >= 0.3 is 0 Å². The first-order valence-electron chi connectivity index (χ1n) is 10.4. The molecule has 3 aromatic rings. The average Bonchev–Trinajstić information content (AvgIpc) is 3.27. The smallest absolute Gasteiger partial charge is 0.259 e. The fourth-order valence-electron chi connectivity index (χ4n) is 3.86. The molecule has 4 heterocycles. The van der Waals surface area contributed by atoms with Crippen molar-refractivity contribution in [3.05, 3.63) is 69.9 Å². The van der Waals surface area contributed by atoms with Gasteiger partial charge in [-0.2, -0.15) is 0 Å². The third-order valence-electron chi connectivity index (χ3n) is 5.45. The monoisotopic (exact) mass is 406 g/mol. The SMILES string of the molecule is CCn1cc(C(=O)N(Cc2ccccn2)CC2CCCO2)c(=O)c2ccc(C)nc21. The molecule has 1 unspecified atom stereocenters. The summed E-state index contributed by atoms with van der Waals surface area (Å²) < 4.78 is 7.62. The van der Waals surface area contributed by atoms with Crippen molar-refractivity contribution in [2.24, 2.45) is 0 Å². The summed E-state index contributed by atoms with van der Waals surface area (Å²) in [6, 6.07) is 9.18. The minimum atomic E-state index is -0.300. The van der Waals surface area contributed by atoms with Gasteiger partial charge in [0.15, 0.2) is 0 Å². The van der Waals surface area contributed by atoms with Crippen LogP contribution in [-0.2, 0) is 17.8 Å². The Balaban J connectivity index is 1.74. The molecular weight excluding hydrogens is 380 g/mol. The van der Waals surface area contributed by atoms with Gasteiger partial charge in [-0.25, -0.2) is 4.98 Å². The van der Waals surface area contributed by atoms with Crippen LogP contribution in [0.5, 0.6) is 0 Å². The molecule has 0 bridgehead atoms. The number of ether oxygens (including phenoxy) is 1. The second-order valence-electron chi connectivity index (χ2n) is 7.62. The lowest BCUT2D eigenvalue weighted by Crippen LogP contribution is -2.39. The van der Waals surface area contributed by atoms with Gasteiger partial charge < -0.3 is 14.2 Å². The quantitative estimate of drug-likeness (QED) is 0.629. The number of amides is 1. The van der Waals surface area contributed by atoms with Gasteiger partial charge in [0.05, 0.1) is 23.7 Å². The lowest BCUT2D eigenvalue weighted by molar-refractivity contribution is 0.0503. The summed E-state index contributed by atoms with van der Waals surface area (Å²) in [5, 5.41) is 0.461. The number of rotatable bonds is 6. The molecule has 0 saturated carbocycles. The van der Waals surface area contributed by atoms with Crippen molar-refractivity contribution < 1.29 is 9.53 Å². The first-order valence-corrected chi connectivity index (χ1v) is 10.4. The molecule has 7 heteroatoms. The number of aryl methyl sites for hydroxylation is 2. The first kappa shape index (κ1) is 20.2. The molecule has 3 aromatic heterocycles. The van der Waals surface area contributed by atoms with Crippen LogP contribution in [0.1, 0.15) is 41.5 Å². The Morgan fingerprint density at radius 1 is 1.30 bits per heavy atom. The van der Waals surface area contributed by atoms with Crippen LogP contribution < -0.4 is 5.43 Å². The van der Waals surface area contributed by atoms with Gasteiger partial charge in [0.1, 0.15) is 11.2 Å². The lowest BCUT2D eigenvalue weighted by atomic mass is 10.1. The van der Waals surface area contributed by atoms with E-state index < -0.39 is 0 Å². The van der Waals surface area contributed by atoms with Crippen molar-refractivity contribution >= 4 is 16.9 Å². The van der Waals surface area contributed by atoms with Crippen LogP contribution in [0.2, 0.25) is 0 Å². The summed E-state index contributed by atoms with van der Waals surface area (Å²) >= 11 is 0. The number of fused-ring (bicyclic) bond motifs is 1. The third-order valence-corrected chi connectivity index (χ3v) is 5.45. The summed E-state index contributed by atoms with van der Waals surface area (Å²) in [5.41, 5.74) is 2.08. The van der Waals surface area contributed by atoms with E-state index in [0.29, 0.717) is 37.3 Å². The van der Waals surface area contributed by atoms with E-state index in [-0.39, 0.29) is 23.0 Å². The van der Waals surface area contributed by atoms with Gasteiger partial charge in [-0.05, 0) is 51.0 Å². The maximum Gasteiger partial charge on any atom is 0.259 e. The predicted molar refractivity (Wildman–Crippen MR) is 114 cm³/mol. The number of carbonyl (C=O) groups excluding carboxylic acids is 1. The van der Waals surface area contributed by atoms with Crippen LogP contribution in [0.25, 0.3) is 11.0 Å². The Kier molecular flexibility index (Phi) is 5.90. The van der Waals surface area contributed by atoms with Crippen molar-refractivity contribution in [1.82, 2.24) is 19.4 Å². The van der Waals surface area contributed by atoms with E-state index in [1.54, 1.807) is 29.4 Å². The van der Waals surface area contributed by atoms with Crippen LogP contribution in [-0.4, -0.2) is 44.6 Å². The van der Waals surface area contributed by atoms with Gasteiger partial charge in [0.2, 0.25) is 5.43 Å². The molecule has 1 aliphatic rings. The molecule has 30 heavy (non-hydrogen) atoms. The molecule has 0 aliphatic carbocycles. The molecule has 0 N–H and O–H groups in total. The standard InChI is InChI=1S/C23H26N4O3/c1-3-26-15-20(21(28)19-10-9-16(2)25-22(19)26)23(29)27(14-18-8-6-12-30-18)13-17-7-4-5-11-24-17/h4-5,7,9-11,15,18H,3,6,8,12-14H2,1-2H3. The number of hydrogen-bond acceptors (Lipinski definition) is 5. The Labute approximate surface area is 175 Å². The summed E-state index contributed by atoms with van der Waals surface area (Å²) in [6.45, 7) is 5.94. The number of aromatic nitrogens is 3. The Hall–Kier alpha value is -3.06. The zero-order valence-electron chi connectivity index (χ0n) is 17.4. The van der Waals surface area contributed by atoms with E-state index in [9.17, 15) is 9.59 Å². The van der Waals surface area contributed by atoms with Crippen LogP contribution in [0.3, 0.4) is 0 Å². The van der Waals surface area contributed by atoms with Crippen LogP contribution >= 0.6 is 0 Å². The molecule has 156 valence electrons. The van der Waals surface area contributed by atoms with Gasteiger partial charge in [-0.1, -0.05) is 6.07 Å². The fourth-order valence-corrected chi connectivity index (χ4v) is 3.86. The Morgan fingerprint density at radius 2 is 2.17 bits per heavy atom. The van der Waals surface area contributed by atoms with Crippen LogP contribution in [0, 0.1) is 6.92 Å². The second-order valence-corrected chi connectivity index (χ2v) is 7.62. The molecule has 0 spiro atoms. The normalized spacial score (nSPS) is 16.1. The fraction of sp³-hybridized carbons (Fsp3) is 0.391. The van der Waals surface area contributed by atoms with Gasteiger partial charge in [0.25, 0.3) is 5.91 Å². The van der Waals surface area contributed by atoms with Crippen molar-refractivity contribution in [3.63, 3.8) is 0 Å². The van der Waals surface area contributed by atoms with Crippen molar-refractivity contribution in [3.8, 4) is 0 Å². The maximum absolute atomic E-state index is 13.5. The van der Waals surface area contributed by atoms with Crippen molar-refractivity contribution in [1.29, 1.82) is 0 Å². The van der Waals surface area contributed by atoms with E-state index in [2.05, 4.69) is 9.97 Å². The number of nitrogens with zero attached hydrogens (tertiary/aromatic N) is 4. The van der Waals surface area contributed by atoms with E-state index in [1.807, 2.05) is 36.6 Å². The van der Waals surface area contributed by atoms with Crippen molar-refractivity contribution in [2.45, 2.75) is 45.9 Å². The lowest BCUT2D eigenvalue weighted by Gasteiger charge is -2.25. The van der Waals surface area contributed by atoms with Gasteiger partial charge in [-0.3, -0.25) is 14.6 Å². The largest absolute Gasteiger partial charge is 0.376 e. The highest BCUT2D eigenvalue weighted by atomic mass is 16.5. The summed E-state index contributed by atoms with van der Waals surface area (Å²) in [4.78, 5) is 37.3. The highest BCUT2D eigenvalue weighted by Crippen LogP contribution is 2.18. The second kappa shape index (κ2) is 8.75. The summed E-state index contributed by atoms with van der Waals surface area (Å²) in [7, 11) is 0. The zero-order valence-corrected chi connectivity index (χ0v) is 17.4. The average molecular weight is 406 g/mol.